The molecule has 1 aliphatic rings. The zero-order valence-corrected chi connectivity index (χ0v) is 10.3. The van der Waals surface area contributed by atoms with E-state index in [0.29, 0.717) is 0 Å². The highest BCUT2D eigenvalue weighted by molar-refractivity contribution is 4.88. The van der Waals surface area contributed by atoms with Crippen LogP contribution in [0.3, 0.4) is 0 Å². The lowest BCUT2D eigenvalue weighted by Gasteiger charge is -2.25. The van der Waals surface area contributed by atoms with Gasteiger partial charge in [0.25, 0.3) is 0 Å². The van der Waals surface area contributed by atoms with Crippen LogP contribution in [0.25, 0.3) is 0 Å². The van der Waals surface area contributed by atoms with Crippen molar-refractivity contribution in [3.63, 3.8) is 0 Å². The van der Waals surface area contributed by atoms with Crippen LogP contribution in [0.5, 0.6) is 0 Å². The molecule has 0 bridgehead atoms. The Morgan fingerprint density at radius 3 is 2.88 bits per heavy atom. The first-order chi connectivity index (χ1) is 8.38. The van der Waals surface area contributed by atoms with E-state index in [-0.39, 0.29) is 0 Å². The molecule has 1 aromatic heterocycles. The van der Waals surface area contributed by atoms with Gasteiger partial charge in [0.05, 0.1) is 13.2 Å². The van der Waals surface area contributed by atoms with Gasteiger partial charge in [-0.3, -0.25) is 4.90 Å². The summed E-state index contributed by atoms with van der Waals surface area (Å²) < 4.78 is 10.5. The maximum Gasteiger partial charge on any atom is 0.227 e. The number of aromatic nitrogens is 2. The molecule has 2 heterocycles. The third-order valence-corrected chi connectivity index (χ3v) is 2.85. The number of nitrogens with one attached hydrogen (secondary N) is 1. The first-order valence-corrected chi connectivity index (χ1v) is 6.14. The second kappa shape index (κ2) is 6.68. The summed E-state index contributed by atoms with van der Waals surface area (Å²) in [6, 6.07) is 0. The van der Waals surface area contributed by atoms with Crippen LogP contribution < -0.4 is 5.32 Å². The molecule has 0 spiro atoms. The first-order valence-electron chi connectivity index (χ1n) is 6.14. The predicted molar refractivity (Wildman–Crippen MR) is 62.9 cm³/mol. The van der Waals surface area contributed by atoms with Gasteiger partial charge in [0.15, 0.2) is 5.82 Å². The summed E-state index contributed by atoms with van der Waals surface area (Å²) in [5.74, 6) is 1.53. The smallest absolute Gasteiger partial charge is 0.227 e. The van der Waals surface area contributed by atoms with E-state index in [1.54, 1.807) is 0 Å². The van der Waals surface area contributed by atoms with Crippen LogP contribution in [0.15, 0.2) is 4.52 Å². The molecule has 0 unspecified atom stereocenters. The number of nitrogens with zero attached hydrogens (tertiary/aromatic N) is 3. The Bertz CT molecular complexity index is 323. The Labute approximate surface area is 101 Å². The van der Waals surface area contributed by atoms with Gasteiger partial charge in [0.1, 0.15) is 0 Å². The van der Waals surface area contributed by atoms with Crippen LogP contribution in [-0.2, 0) is 17.6 Å². The first kappa shape index (κ1) is 12.5. The summed E-state index contributed by atoms with van der Waals surface area (Å²) >= 11 is 0. The molecule has 96 valence electrons. The highest BCUT2D eigenvalue weighted by atomic mass is 16.5. The standard InChI is InChI=1S/C11H20N4O2/c1-12-4-2-11-13-10(14-17-11)3-5-15-6-8-16-9-7-15/h12H,2-9H2,1H3. The van der Waals surface area contributed by atoms with Gasteiger partial charge in [-0.05, 0) is 7.05 Å². The van der Waals surface area contributed by atoms with Crippen molar-refractivity contribution in [3.8, 4) is 0 Å². The predicted octanol–water partition coefficient (Wildman–Crippen LogP) is -0.294. The van der Waals surface area contributed by atoms with Gasteiger partial charge in [0.2, 0.25) is 5.89 Å². The fourth-order valence-electron chi connectivity index (χ4n) is 1.81. The molecule has 1 saturated heterocycles. The van der Waals surface area contributed by atoms with Crippen molar-refractivity contribution in [2.75, 3.05) is 46.4 Å². The lowest BCUT2D eigenvalue weighted by molar-refractivity contribution is 0.0381. The Kier molecular flexibility index (Phi) is 4.90. The number of hydrogen-bond acceptors (Lipinski definition) is 6. The van der Waals surface area contributed by atoms with Crippen molar-refractivity contribution >= 4 is 0 Å². The van der Waals surface area contributed by atoms with Crippen LogP contribution >= 0.6 is 0 Å². The number of morpholine rings is 1. The Morgan fingerprint density at radius 1 is 1.29 bits per heavy atom. The molecule has 0 aliphatic carbocycles. The van der Waals surface area contributed by atoms with Gasteiger partial charge in [-0.2, -0.15) is 4.98 Å². The minimum atomic E-state index is 0.719. The van der Waals surface area contributed by atoms with Gasteiger partial charge in [-0.15, -0.1) is 0 Å². The van der Waals surface area contributed by atoms with E-state index in [1.165, 1.54) is 0 Å². The van der Waals surface area contributed by atoms with Crippen molar-refractivity contribution < 1.29 is 9.26 Å². The molecule has 0 amide bonds. The van der Waals surface area contributed by atoms with Crippen LogP contribution in [0, 0.1) is 0 Å². The van der Waals surface area contributed by atoms with E-state index in [2.05, 4.69) is 20.4 Å². The number of likely N-dealkylation sites (N-methyl/N-ethyl adjacent to an activating group) is 1. The maximum atomic E-state index is 5.30. The Hall–Kier alpha value is -0.980. The van der Waals surface area contributed by atoms with Crippen molar-refractivity contribution in [3.05, 3.63) is 11.7 Å². The number of hydrogen-bond donors (Lipinski definition) is 1. The van der Waals surface area contributed by atoms with Gasteiger partial charge < -0.3 is 14.6 Å². The molecule has 1 aliphatic heterocycles. The zero-order chi connectivity index (χ0) is 11.9. The van der Waals surface area contributed by atoms with Crippen molar-refractivity contribution in [2.24, 2.45) is 0 Å². The van der Waals surface area contributed by atoms with Crippen molar-refractivity contribution in [1.82, 2.24) is 20.4 Å². The summed E-state index contributed by atoms with van der Waals surface area (Å²) in [5, 5.41) is 7.04. The number of ether oxygens (including phenoxy) is 1. The third kappa shape index (κ3) is 4.07. The van der Waals surface area contributed by atoms with E-state index in [4.69, 9.17) is 9.26 Å². The van der Waals surface area contributed by atoms with Crippen LogP contribution in [-0.4, -0.2) is 61.5 Å². The monoisotopic (exact) mass is 240 g/mol. The van der Waals surface area contributed by atoms with Crippen molar-refractivity contribution in [1.29, 1.82) is 0 Å². The van der Waals surface area contributed by atoms with Crippen LogP contribution in [0.1, 0.15) is 11.7 Å². The fourth-order valence-corrected chi connectivity index (χ4v) is 1.81. The summed E-state index contributed by atoms with van der Waals surface area (Å²) in [4.78, 5) is 6.72. The molecule has 6 heteroatoms. The Morgan fingerprint density at radius 2 is 2.12 bits per heavy atom. The van der Waals surface area contributed by atoms with E-state index in [0.717, 1.165) is 63.9 Å². The fraction of sp³-hybridized carbons (Fsp3) is 0.818. The average molecular weight is 240 g/mol. The van der Waals surface area contributed by atoms with Gasteiger partial charge in [0, 0.05) is 39.0 Å². The molecule has 0 radical (unpaired) electrons. The molecule has 1 fully saturated rings. The quantitative estimate of drug-likeness (QED) is 0.737. The van der Waals surface area contributed by atoms with E-state index < -0.39 is 0 Å². The van der Waals surface area contributed by atoms with Crippen molar-refractivity contribution in [2.45, 2.75) is 12.8 Å². The largest absolute Gasteiger partial charge is 0.379 e. The van der Waals surface area contributed by atoms with Gasteiger partial charge in [-0.25, -0.2) is 0 Å². The minimum Gasteiger partial charge on any atom is -0.379 e. The highest BCUT2D eigenvalue weighted by Crippen LogP contribution is 2.02. The summed E-state index contributed by atoms with van der Waals surface area (Å²) in [5.41, 5.74) is 0. The molecular formula is C11H20N4O2. The van der Waals surface area contributed by atoms with Crippen LogP contribution in [0.2, 0.25) is 0 Å². The normalized spacial score (nSPS) is 17.5. The second-order valence-electron chi connectivity index (χ2n) is 4.16. The molecule has 6 nitrogen and oxygen atoms in total. The molecule has 0 aromatic carbocycles. The molecule has 0 atom stereocenters. The average Bonchev–Trinajstić information content (AvgIpc) is 2.83. The summed E-state index contributed by atoms with van der Waals surface area (Å²) in [6.45, 7) is 5.52. The Balaban J connectivity index is 1.72. The molecule has 1 aromatic rings. The lowest BCUT2D eigenvalue weighted by Crippen LogP contribution is -2.37. The van der Waals surface area contributed by atoms with Gasteiger partial charge in [-0.1, -0.05) is 5.16 Å². The topological polar surface area (TPSA) is 63.4 Å². The van der Waals surface area contributed by atoms with Crippen LogP contribution in [0.4, 0.5) is 0 Å². The number of rotatable bonds is 6. The minimum absolute atomic E-state index is 0.719. The van der Waals surface area contributed by atoms with Gasteiger partial charge >= 0.3 is 0 Å². The molecular weight excluding hydrogens is 220 g/mol. The van der Waals surface area contributed by atoms with E-state index in [9.17, 15) is 0 Å². The van der Waals surface area contributed by atoms with E-state index in [1.807, 2.05) is 7.05 Å². The SMILES string of the molecule is CNCCc1nc(CCN2CCOCC2)no1. The van der Waals surface area contributed by atoms with E-state index >= 15 is 0 Å². The zero-order valence-electron chi connectivity index (χ0n) is 10.3. The summed E-state index contributed by atoms with van der Waals surface area (Å²) in [6.07, 6.45) is 1.64. The third-order valence-electron chi connectivity index (χ3n) is 2.85. The molecule has 17 heavy (non-hydrogen) atoms. The second-order valence-corrected chi connectivity index (χ2v) is 4.16. The molecule has 1 N–H and O–H groups in total. The highest BCUT2D eigenvalue weighted by Gasteiger charge is 2.12. The lowest BCUT2D eigenvalue weighted by atomic mass is 10.3. The molecule has 2 rings (SSSR count). The molecule has 0 saturated carbocycles. The summed E-state index contributed by atoms with van der Waals surface area (Å²) in [7, 11) is 1.91. The maximum absolute atomic E-state index is 5.30.